The van der Waals surface area contributed by atoms with Crippen molar-refractivity contribution in [3.05, 3.63) is 29.8 Å². The highest BCUT2D eigenvalue weighted by Gasteiger charge is 2.20. The van der Waals surface area contributed by atoms with Gasteiger partial charge in [-0.3, -0.25) is 9.59 Å². The van der Waals surface area contributed by atoms with E-state index in [0.717, 1.165) is 0 Å². The Labute approximate surface area is 148 Å². The first-order chi connectivity index (χ1) is 10.7. The van der Waals surface area contributed by atoms with Crippen molar-refractivity contribution in [2.24, 2.45) is 11.7 Å². The number of hydrogen-bond acceptors (Lipinski definition) is 5. The average molecular weight is 378 g/mol. The normalized spacial score (nSPS) is 10.8. The first-order valence-corrected chi connectivity index (χ1v) is 9.15. The lowest BCUT2D eigenvalue weighted by Gasteiger charge is -2.12. The summed E-state index contributed by atoms with van der Waals surface area (Å²) in [5.74, 6) is -1.76. The molecular weight excluding hydrogens is 354 g/mol. The second-order valence-electron chi connectivity index (χ2n) is 5.59. The van der Waals surface area contributed by atoms with Crippen molar-refractivity contribution >= 4 is 39.7 Å². The van der Waals surface area contributed by atoms with Gasteiger partial charge in [0, 0.05) is 13.1 Å². The maximum Gasteiger partial charge on any atom is 0.253 e. The van der Waals surface area contributed by atoms with E-state index < -0.39 is 21.5 Å². The van der Waals surface area contributed by atoms with Gasteiger partial charge in [0.05, 0.1) is 17.0 Å². The van der Waals surface area contributed by atoms with Crippen LogP contribution in [-0.4, -0.2) is 44.8 Å². The Balaban J connectivity index is 0.00000529. The number of hydrogen-bond donors (Lipinski definition) is 3. The van der Waals surface area contributed by atoms with E-state index in [1.807, 2.05) is 0 Å². The van der Waals surface area contributed by atoms with Crippen LogP contribution in [0.25, 0.3) is 0 Å². The molecule has 0 aliphatic rings. The van der Waals surface area contributed by atoms with E-state index >= 15 is 0 Å². The fourth-order valence-electron chi connectivity index (χ4n) is 2.02. The van der Waals surface area contributed by atoms with Gasteiger partial charge in [-0.25, -0.2) is 8.42 Å². The lowest BCUT2D eigenvalue weighted by atomic mass is 10.1. The monoisotopic (exact) mass is 377 g/mol. The summed E-state index contributed by atoms with van der Waals surface area (Å²) >= 11 is 0. The predicted octanol–water partition coefficient (Wildman–Crippen LogP) is 0.806. The van der Waals surface area contributed by atoms with Gasteiger partial charge in [-0.2, -0.15) is 0 Å². The van der Waals surface area contributed by atoms with Gasteiger partial charge in [-0.1, -0.05) is 26.0 Å². The van der Waals surface area contributed by atoms with Crippen LogP contribution in [0.3, 0.4) is 0 Å². The summed E-state index contributed by atoms with van der Waals surface area (Å²) in [6.07, 6.45) is 0. The van der Waals surface area contributed by atoms with Crippen molar-refractivity contribution in [3.63, 3.8) is 0 Å². The molecule has 136 valence electrons. The van der Waals surface area contributed by atoms with Crippen LogP contribution in [0.4, 0.5) is 5.69 Å². The third-order valence-corrected chi connectivity index (χ3v) is 4.69. The molecule has 0 aromatic heterocycles. The number of para-hydroxylation sites is 1. The summed E-state index contributed by atoms with van der Waals surface area (Å²) < 4.78 is 23.7. The number of nitrogens with one attached hydrogen (secondary N) is 2. The van der Waals surface area contributed by atoms with Crippen molar-refractivity contribution < 1.29 is 18.0 Å². The first kappa shape index (κ1) is 22.4. The molecule has 0 atom stereocenters. The highest BCUT2D eigenvalue weighted by Crippen LogP contribution is 2.15. The minimum atomic E-state index is -3.48. The van der Waals surface area contributed by atoms with Crippen molar-refractivity contribution in [1.82, 2.24) is 5.32 Å². The molecule has 1 aromatic carbocycles. The van der Waals surface area contributed by atoms with Crippen LogP contribution in [0.5, 0.6) is 0 Å². The minimum absolute atomic E-state index is 0. The maximum atomic E-state index is 12.0. The molecule has 0 aliphatic carbocycles. The summed E-state index contributed by atoms with van der Waals surface area (Å²) in [6, 6.07) is 6.40. The van der Waals surface area contributed by atoms with Crippen molar-refractivity contribution in [3.8, 4) is 0 Å². The zero-order valence-corrected chi connectivity index (χ0v) is 15.4. The number of amides is 2. The molecule has 24 heavy (non-hydrogen) atoms. The fraction of sp³-hybridized carbons (Fsp3) is 0.467. The van der Waals surface area contributed by atoms with Crippen molar-refractivity contribution in [1.29, 1.82) is 0 Å². The van der Waals surface area contributed by atoms with Crippen LogP contribution in [-0.2, 0) is 14.6 Å². The third-order valence-electron chi connectivity index (χ3n) is 2.81. The molecule has 0 saturated heterocycles. The number of anilines is 1. The van der Waals surface area contributed by atoms with E-state index in [1.165, 1.54) is 0 Å². The molecule has 0 bridgehead atoms. The Hall–Kier alpha value is -1.64. The standard InChI is InChI=1S/C15H23N3O4S.ClH/c1-11(2)9-23(21,22)10-14(19)18-13-6-4-3-5-12(13)15(20)17-8-7-16;/h3-6,11H,7-10,16H2,1-2H3,(H,17,20)(H,18,19);1H. The summed E-state index contributed by atoms with van der Waals surface area (Å²) in [5.41, 5.74) is 5.86. The number of halogens is 1. The number of carbonyl (C=O) groups is 2. The number of benzene rings is 1. The Kier molecular flexibility index (Phi) is 9.57. The molecule has 0 spiro atoms. The summed E-state index contributed by atoms with van der Waals surface area (Å²) in [5, 5.41) is 5.09. The van der Waals surface area contributed by atoms with E-state index in [4.69, 9.17) is 5.73 Å². The van der Waals surface area contributed by atoms with Gasteiger partial charge in [0.15, 0.2) is 9.84 Å². The quantitative estimate of drug-likeness (QED) is 0.619. The Morgan fingerprint density at radius 3 is 2.42 bits per heavy atom. The highest BCUT2D eigenvalue weighted by atomic mass is 35.5. The zero-order valence-electron chi connectivity index (χ0n) is 13.7. The number of carbonyl (C=O) groups excluding carboxylic acids is 2. The molecule has 0 fully saturated rings. The van der Waals surface area contributed by atoms with Crippen LogP contribution >= 0.6 is 12.4 Å². The molecule has 0 saturated carbocycles. The molecule has 0 aliphatic heterocycles. The molecule has 0 heterocycles. The summed E-state index contributed by atoms with van der Waals surface area (Å²) in [6.45, 7) is 4.15. The SMILES string of the molecule is CC(C)CS(=O)(=O)CC(=O)Nc1ccccc1C(=O)NCCN.Cl. The predicted molar refractivity (Wildman–Crippen MR) is 97.2 cm³/mol. The van der Waals surface area contributed by atoms with Gasteiger partial charge >= 0.3 is 0 Å². The minimum Gasteiger partial charge on any atom is -0.351 e. The topological polar surface area (TPSA) is 118 Å². The van der Waals surface area contributed by atoms with Crippen molar-refractivity contribution in [2.75, 3.05) is 29.9 Å². The largest absolute Gasteiger partial charge is 0.351 e. The van der Waals surface area contributed by atoms with Gasteiger partial charge < -0.3 is 16.4 Å². The molecular formula is C15H24ClN3O4S. The van der Waals surface area contributed by atoms with Crippen LogP contribution in [0.15, 0.2) is 24.3 Å². The van der Waals surface area contributed by atoms with Crippen LogP contribution < -0.4 is 16.4 Å². The highest BCUT2D eigenvalue weighted by molar-refractivity contribution is 7.92. The zero-order chi connectivity index (χ0) is 17.5. The Morgan fingerprint density at radius 1 is 1.21 bits per heavy atom. The Morgan fingerprint density at radius 2 is 1.83 bits per heavy atom. The second kappa shape index (κ2) is 10.3. The van der Waals surface area contributed by atoms with Crippen LogP contribution in [0.1, 0.15) is 24.2 Å². The van der Waals surface area contributed by atoms with Gasteiger partial charge in [-0.05, 0) is 18.1 Å². The smallest absolute Gasteiger partial charge is 0.253 e. The van der Waals surface area contributed by atoms with Gasteiger partial charge in [0.25, 0.3) is 5.91 Å². The molecule has 0 unspecified atom stereocenters. The molecule has 2 amide bonds. The summed E-state index contributed by atoms with van der Waals surface area (Å²) in [7, 11) is -3.48. The lowest BCUT2D eigenvalue weighted by Crippen LogP contribution is -2.31. The fourth-order valence-corrected chi connectivity index (χ4v) is 3.63. The van der Waals surface area contributed by atoms with Gasteiger partial charge in [0.1, 0.15) is 5.75 Å². The van der Waals surface area contributed by atoms with Gasteiger partial charge in [0.2, 0.25) is 5.91 Å². The van der Waals surface area contributed by atoms with Crippen LogP contribution in [0, 0.1) is 5.92 Å². The van der Waals surface area contributed by atoms with Gasteiger partial charge in [-0.15, -0.1) is 12.4 Å². The number of sulfone groups is 1. The molecule has 1 aromatic rings. The molecule has 0 radical (unpaired) electrons. The third kappa shape index (κ3) is 7.76. The second-order valence-corrected chi connectivity index (χ2v) is 7.70. The Bertz CT molecular complexity index is 662. The molecule has 7 nitrogen and oxygen atoms in total. The first-order valence-electron chi connectivity index (χ1n) is 7.32. The number of rotatable bonds is 8. The molecule has 9 heteroatoms. The van der Waals surface area contributed by atoms with E-state index in [1.54, 1.807) is 38.1 Å². The molecule has 1 rings (SSSR count). The molecule has 4 N–H and O–H groups in total. The summed E-state index contributed by atoms with van der Waals surface area (Å²) in [4.78, 5) is 24.0. The van der Waals surface area contributed by atoms with E-state index in [0.29, 0.717) is 13.1 Å². The van der Waals surface area contributed by atoms with E-state index in [9.17, 15) is 18.0 Å². The average Bonchev–Trinajstić information content (AvgIpc) is 2.43. The maximum absolute atomic E-state index is 12.0. The van der Waals surface area contributed by atoms with Crippen LogP contribution in [0.2, 0.25) is 0 Å². The van der Waals surface area contributed by atoms with E-state index in [2.05, 4.69) is 10.6 Å². The lowest BCUT2D eigenvalue weighted by molar-refractivity contribution is -0.113. The van der Waals surface area contributed by atoms with E-state index in [-0.39, 0.29) is 41.2 Å². The van der Waals surface area contributed by atoms with Crippen molar-refractivity contribution in [2.45, 2.75) is 13.8 Å². The number of nitrogens with two attached hydrogens (primary N) is 1.